The average molecular weight is 295 g/mol. The van der Waals surface area contributed by atoms with Crippen LogP contribution >= 0.6 is 0 Å². The molecule has 0 heterocycles. The first-order chi connectivity index (χ1) is 10.3. The summed E-state index contributed by atoms with van der Waals surface area (Å²) in [7, 11) is 3.34. The van der Waals surface area contributed by atoms with Crippen molar-refractivity contribution in [3.8, 4) is 11.5 Å². The molecule has 0 spiro atoms. The molecule has 1 aromatic carbocycles. The minimum atomic E-state index is 0.137. The average Bonchev–Trinajstić information content (AvgIpc) is 2.53. The molecule has 4 heteroatoms. The van der Waals surface area contributed by atoms with Crippen LogP contribution < -0.4 is 14.8 Å². The summed E-state index contributed by atoms with van der Waals surface area (Å²) in [6, 6.07) is 6.05. The maximum absolute atomic E-state index is 5.81. The molecule has 0 amide bonds. The largest absolute Gasteiger partial charge is 0.497 e. The second-order valence-electron chi connectivity index (χ2n) is 5.00. The van der Waals surface area contributed by atoms with Crippen molar-refractivity contribution in [3.05, 3.63) is 23.8 Å². The van der Waals surface area contributed by atoms with Gasteiger partial charge in [-0.3, -0.25) is 0 Å². The third-order valence-corrected chi connectivity index (χ3v) is 3.44. The number of likely N-dealkylation sites (N-methyl/N-ethyl adjacent to an activating group) is 1. The van der Waals surface area contributed by atoms with Gasteiger partial charge in [-0.25, -0.2) is 0 Å². The lowest BCUT2D eigenvalue weighted by Gasteiger charge is -2.21. The van der Waals surface area contributed by atoms with Crippen LogP contribution in [-0.4, -0.2) is 34.0 Å². The topological polar surface area (TPSA) is 39.7 Å². The van der Waals surface area contributed by atoms with Crippen molar-refractivity contribution in [2.24, 2.45) is 0 Å². The second-order valence-corrected chi connectivity index (χ2v) is 5.00. The van der Waals surface area contributed by atoms with Gasteiger partial charge in [0.15, 0.2) is 0 Å². The second kappa shape index (κ2) is 10.5. The first kappa shape index (κ1) is 17.8. The number of ether oxygens (including phenoxy) is 3. The number of nitrogens with one attached hydrogen (secondary N) is 1. The van der Waals surface area contributed by atoms with E-state index in [4.69, 9.17) is 14.2 Å². The van der Waals surface area contributed by atoms with Gasteiger partial charge in [-0.05, 0) is 25.1 Å². The van der Waals surface area contributed by atoms with E-state index in [1.54, 1.807) is 14.2 Å². The Hall–Kier alpha value is -1.26. The van der Waals surface area contributed by atoms with Gasteiger partial charge < -0.3 is 19.5 Å². The van der Waals surface area contributed by atoms with Gasteiger partial charge in [-0.2, -0.15) is 0 Å². The van der Waals surface area contributed by atoms with Gasteiger partial charge >= 0.3 is 0 Å². The van der Waals surface area contributed by atoms with Crippen molar-refractivity contribution in [1.82, 2.24) is 5.32 Å². The number of unbranched alkanes of at least 4 members (excludes halogenated alkanes) is 2. The summed E-state index contributed by atoms with van der Waals surface area (Å²) >= 11 is 0. The van der Waals surface area contributed by atoms with Crippen LogP contribution in [0.25, 0.3) is 0 Å². The number of methoxy groups -OCH3 is 2. The van der Waals surface area contributed by atoms with Gasteiger partial charge in [-0.15, -0.1) is 0 Å². The number of hydrogen-bond acceptors (Lipinski definition) is 4. The van der Waals surface area contributed by atoms with E-state index in [2.05, 4.69) is 19.2 Å². The third kappa shape index (κ3) is 5.94. The number of benzene rings is 1. The van der Waals surface area contributed by atoms with Crippen molar-refractivity contribution < 1.29 is 14.2 Å². The van der Waals surface area contributed by atoms with E-state index in [1.807, 2.05) is 18.2 Å². The smallest absolute Gasteiger partial charge is 0.127 e. The quantitative estimate of drug-likeness (QED) is 0.634. The summed E-state index contributed by atoms with van der Waals surface area (Å²) in [6.07, 6.45) is 3.55. The Morgan fingerprint density at radius 3 is 2.52 bits per heavy atom. The Kier molecular flexibility index (Phi) is 8.87. The molecule has 1 rings (SSSR count). The highest BCUT2D eigenvalue weighted by molar-refractivity contribution is 5.42. The molecule has 21 heavy (non-hydrogen) atoms. The fourth-order valence-electron chi connectivity index (χ4n) is 2.27. The Morgan fingerprint density at radius 1 is 1.10 bits per heavy atom. The molecule has 0 fully saturated rings. The summed E-state index contributed by atoms with van der Waals surface area (Å²) in [5.41, 5.74) is 1.11. The van der Waals surface area contributed by atoms with Crippen molar-refractivity contribution in [2.75, 3.05) is 34.0 Å². The van der Waals surface area contributed by atoms with Crippen LogP contribution in [-0.2, 0) is 4.74 Å². The first-order valence-corrected chi connectivity index (χ1v) is 7.79. The molecule has 0 aliphatic rings. The van der Waals surface area contributed by atoms with Crippen molar-refractivity contribution in [3.63, 3.8) is 0 Å². The molecule has 1 N–H and O–H groups in total. The molecule has 0 aliphatic carbocycles. The highest BCUT2D eigenvalue weighted by atomic mass is 16.5. The maximum atomic E-state index is 5.81. The highest BCUT2D eigenvalue weighted by Gasteiger charge is 2.16. The van der Waals surface area contributed by atoms with Gasteiger partial charge in [0.1, 0.15) is 11.5 Å². The zero-order chi connectivity index (χ0) is 15.5. The van der Waals surface area contributed by atoms with Crippen molar-refractivity contribution in [2.45, 2.75) is 39.2 Å². The van der Waals surface area contributed by atoms with E-state index in [1.165, 1.54) is 12.8 Å². The molecule has 1 aromatic rings. The first-order valence-electron chi connectivity index (χ1n) is 7.79. The van der Waals surface area contributed by atoms with E-state index >= 15 is 0 Å². The molecule has 4 nitrogen and oxygen atoms in total. The molecule has 0 radical (unpaired) electrons. The molecule has 0 saturated heterocycles. The van der Waals surface area contributed by atoms with E-state index in [0.717, 1.165) is 36.6 Å². The molecule has 0 aromatic heterocycles. The van der Waals surface area contributed by atoms with Gasteiger partial charge in [0.05, 0.1) is 26.9 Å². The lowest BCUT2D eigenvalue weighted by molar-refractivity contribution is 0.108. The van der Waals surface area contributed by atoms with E-state index in [0.29, 0.717) is 6.61 Å². The summed E-state index contributed by atoms with van der Waals surface area (Å²) < 4.78 is 16.5. The van der Waals surface area contributed by atoms with Crippen LogP contribution in [0, 0.1) is 0 Å². The zero-order valence-electron chi connectivity index (χ0n) is 13.8. The fraction of sp³-hybridized carbons (Fsp3) is 0.647. The molecule has 1 atom stereocenters. The molecule has 0 saturated carbocycles. The van der Waals surface area contributed by atoms with Crippen LogP contribution in [0.5, 0.6) is 11.5 Å². The predicted molar refractivity (Wildman–Crippen MR) is 86.3 cm³/mol. The summed E-state index contributed by atoms with van der Waals surface area (Å²) in [5.74, 6) is 1.63. The monoisotopic (exact) mass is 295 g/mol. The van der Waals surface area contributed by atoms with E-state index in [-0.39, 0.29) is 6.04 Å². The normalized spacial score (nSPS) is 12.2. The van der Waals surface area contributed by atoms with Crippen molar-refractivity contribution >= 4 is 0 Å². The van der Waals surface area contributed by atoms with Gasteiger partial charge in [0, 0.05) is 18.2 Å². The molecule has 120 valence electrons. The Bertz CT molecular complexity index is 396. The Balaban J connectivity index is 2.70. The summed E-state index contributed by atoms with van der Waals surface area (Å²) in [4.78, 5) is 0. The molecule has 0 aliphatic heterocycles. The summed E-state index contributed by atoms with van der Waals surface area (Å²) in [6.45, 7) is 6.65. The van der Waals surface area contributed by atoms with Gasteiger partial charge in [0.2, 0.25) is 0 Å². The number of hydrogen-bond donors (Lipinski definition) is 1. The summed E-state index contributed by atoms with van der Waals surface area (Å²) in [5, 5.41) is 3.46. The molecule has 0 bridgehead atoms. The highest BCUT2D eigenvalue weighted by Crippen LogP contribution is 2.29. The van der Waals surface area contributed by atoms with E-state index < -0.39 is 0 Å². The number of rotatable bonds is 11. The lowest BCUT2D eigenvalue weighted by atomic mass is 10.1. The predicted octanol–water partition coefficient (Wildman–Crippen LogP) is 3.56. The minimum absolute atomic E-state index is 0.137. The Labute approximate surface area is 128 Å². The maximum Gasteiger partial charge on any atom is 0.127 e. The standard InChI is InChI=1S/C17H29NO3/c1-5-7-8-11-21-13-16(18-6-2)15-10-9-14(19-3)12-17(15)20-4/h9-10,12,16,18H,5-8,11,13H2,1-4H3. The fourth-order valence-corrected chi connectivity index (χ4v) is 2.27. The van der Waals surface area contributed by atoms with Gasteiger partial charge in [0.25, 0.3) is 0 Å². The Morgan fingerprint density at radius 2 is 1.90 bits per heavy atom. The van der Waals surface area contributed by atoms with Crippen LogP contribution in [0.4, 0.5) is 0 Å². The molecule has 1 unspecified atom stereocenters. The third-order valence-electron chi connectivity index (χ3n) is 3.44. The minimum Gasteiger partial charge on any atom is -0.497 e. The lowest BCUT2D eigenvalue weighted by Crippen LogP contribution is -2.26. The van der Waals surface area contributed by atoms with Crippen molar-refractivity contribution in [1.29, 1.82) is 0 Å². The molecular weight excluding hydrogens is 266 g/mol. The van der Waals surface area contributed by atoms with Gasteiger partial charge in [-0.1, -0.05) is 26.7 Å². The van der Waals surface area contributed by atoms with Crippen LogP contribution in [0.15, 0.2) is 18.2 Å². The van der Waals surface area contributed by atoms with E-state index in [9.17, 15) is 0 Å². The van der Waals surface area contributed by atoms with Crippen LogP contribution in [0.3, 0.4) is 0 Å². The van der Waals surface area contributed by atoms with Crippen LogP contribution in [0.2, 0.25) is 0 Å². The zero-order valence-corrected chi connectivity index (χ0v) is 13.8. The SMILES string of the molecule is CCCCCOCC(NCC)c1ccc(OC)cc1OC. The molecular formula is C17H29NO3. The van der Waals surface area contributed by atoms with Crippen LogP contribution in [0.1, 0.15) is 44.7 Å².